The highest BCUT2D eigenvalue weighted by molar-refractivity contribution is 5.97. The Bertz CT molecular complexity index is 486. The number of nitro groups is 1. The largest absolute Gasteiger partial charge is 0.467 e. The molecule has 1 N–H and O–H groups in total. The molecule has 0 radical (unpaired) electrons. The number of hydrogen-bond donors (Lipinski definition) is 1. The van der Waals surface area contributed by atoms with Crippen LogP contribution in [0.2, 0.25) is 0 Å². The Morgan fingerprint density at radius 3 is 2.67 bits per heavy atom. The van der Waals surface area contributed by atoms with E-state index in [4.69, 9.17) is 0 Å². The average Bonchev–Trinajstić information content (AvgIpc) is 2.37. The summed E-state index contributed by atoms with van der Waals surface area (Å²) in [6, 6.07) is 4.42. The Balaban J connectivity index is 2.81. The third-order valence-electron chi connectivity index (χ3n) is 2.22. The molecule has 0 aromatic heterocycles. The molecule has 0 bridgehead atoms. The van der Waals surface area contributed by atoms with Gasteiger partial charge in [-0.3, -0.25) is 14.9 Å². The highest BCUT2D eigenvalue weighted by Gasteiger charge is 2.18. The van der Waals surface area contributed by atoms with Crippen molar-refractivity contribution in [3.05, 3.63) is 39.9 Å². The van der Waals surface area contributed by atoms with Gasteiger partial charge in [0.1, 0.15) is 6.04 Å². The minimum Gasteiger partial charge on any atom is -0.467 e. The smallest absolute Gasteiger partial charge is 0.328 e. The molecule has 0 unspecified atom stereocenters. The number of nitrogens with zero attached hydrogens (tertiary/aromatic N) is 1. The van der Waals surface area contributed by atoms with Gasteiger partial charge >= 0.3 is 5.97 Å². The summed E-state index contributed by atoms with van der Waals surface area (Å²) in [5, 5.41) is 12.9. The van der Waals surface area contributed by atoms with Gasteiger partial charge in [0.25, 0.3) is 11.6 Å². The van der Waals surface area contributed by atoms with Gasteiger partial charge < -0.3 is 10.1 Å². The SMILES string of the molecule is COC(=O)[C@@H](C)NC(=O)c1cccc([N+](=O)[O-])c1. The van der Waals surface area contributed by atoms with E-state index in [-0.39, 0.29) is 11.3 Å². The van der Waals surface area contributed by atoms with Crippen molar-refractivity contribution >= 4 is 17.6 Å². The third kappa shape index (κ3) is 3.27. The molecule has 0 spiro atoms. The molecule has 7 nitrogen and oxygen atoms in total. The van der Waals surface area contributed by atoms with E-state index in [1.165, 1.54) is 32.2 Å². The lowest BCUT2D eigenvalue weighted by molar-refractivity contribution is -0.384. The average molecular weight is 252 g/mol. The second kappa shape index (κ2) is 5.76. The van der Waals surface area contributed by atoms with Crippen LogP contribution >= 0.6 is 0 Å². The molecule has 0 saturated heterocycles. The van der Waals surface area contributed by atoms with Crippen molar-refractivity contribution in [2.45, 2.75) is 13.0 Å². The van der Waals surface area contributed by atoms with Crippen molar-refractivity contribution in [1.82, 2.24) is 5.32 Å². The quantitative estimate of drug-likeness (QED) is 0.487. The van der Waals surface area contributed by atoms with Gasteiger partial charge in [-0.05, 0) is 13.0 Å². The van der Waals surface area contributed by atoms with Crippen LogP contribution in [0.5, 0.6) is 0 Å². The summed E-state index contributed by atoms with van der Waals surface area (Å²) in [4.78, 5) is 32.8. The molecule has 1 aromatic carbocycles. The number of benzene rings is 1. The summed E-state index contributed by atoms with van der Waals surface area (Å²) < 4.78 is 4.45. The third-order valence-corrected chi connectivity index (χ3v) is 2.22. The lowest BCUT2D eigenvalue weighted by Crippen LogP contribution is -2.39. The first-order valence-corrected chi connectivity index (χ1v) is 5.09. The number of methoxy groups -OCH3 is 1. The molecule has 0 aliphatic heterocycles. The number of nitro benzene ring substituents is 1. The molecule has 7 heteroatoms. The fraction of sp³-hybridized carbons (Fsp3) is 0.273. The maximum absolute atomic E-state index is 11.7. The summed E-state index contributed by atoms with van der Waals surface area (Å²) in [5.74, 6) is -1.16. The van der Waals surface area contributed by atoms with E-state index < -0.39 is 22.8 Å². The van der Waals surface area contributed by atoms with Crippen LogP contribution < -0.4 is 5.32 Å². The van der Waals surface area contributed by atoms with E-state index in [9.17, 15) is 19.7 Å². The minimum atomic E-state index is -0.818. The van der Waals surface area contributed by atoms with Gasteiger partial charge in [-0.25, -0.2) is 4.79 Å². The highest BCUT2D eigenvalue weighted by atomic mass is 16.6. The van der Waals surface area contributed by atoms with Crippen molar-refractivity contribution in [3.63, 3.8) is 0 Å². The Morgan fingerprint density at radius 1 is 1.44 bits per heavy atom. The minimum absolute atomic E-state index is 0.111. The summed E-state index contributed by atoms with van der Waals surface area (Å²) in [6.07, 6.45) is 0. The number of rotatable bonds is 4. The fourth-order valence-electron chi connectivity index (χ4n) is 1.28. The van der Waals surface area contributed by atoms with Gasteiger partial charge in [-0.15, -0.1) is 0 Å². The summed E-state index contributed by atoms with van der Waals surface area (Å²) in [7, 11) is 1.21. The maximum atomic E-state index is 11.7. The second-order valence-corrected chi connectivity index (χ2v) is 3.53. The summed E-state index contributed by atoms with van der Waals surface area (Å²) in [5.41, 5.74) is -0.0756. The van der Waals surface area contributed by atoms with E-state index >= 15 is 0 Å². The molecule has 18 heavy (non-hydrogen) atoms. The van der Waals surface area contributed by atoms with Crippen LogP contribution in [0, 0.1) is 10.1 Å². The number of esters is 1. The summed E-state index contributed by atoms with van der Waals surface area (Å²) >= 11 is 0. The van der Waals surface area contributed by atoms with E-state index in [0.29, 0.717) is 0 Å². The molecule has 0 saturated carbocycles. The molecule has 96 valence electrons. The number of hydrogen-bond acceptors (Lipinski definition) is 5. The maximum Gasteiger partial charge on any atom is 0.328 e. The zero-order valence-electron chi connectivity index (χ0n) is 9.88. The Hall–Kier alpha value is -2.44. The van der Waals surface area contributed by atoms with Crippen LogP contribution in [-0.2, 0) is 9.53 Å². The van der Waals surface area contributed by atoms with Gasteiger partial charge in [0.15, 0.2) is 0 Å². The molecule has 0 aliphatic carbocycles. The fourth-order valence-corrected chi connectivity index (χ4v) is 1.28. The zero-order valence-corrected chi connectivity index (χ0v) is 9.88. The molecule has 0 aliphatic rings. The first-order chi connectivity index (χ1) is 8.45. The predicted molar refractivity (Wildman–Crippen MR) is 62.0 cm³/mol. The number of amides is 1. The van der Waals surface area contributed by atoms with Crippen LogP contribution in [0.3, 0.4) is 0 Å². The standard InChI is InChI=1S/C11H12N2O5/c1-7(11(15)18-2)12-10(14)8-4-3-5-9(6-8)13(16)17/h3-7H,1-2H3,(H,12,14)/t7-/m1/s1. The molecule has 0 heterocycles. The molecular weight excluding hydrogens is 240 g/mol. The molecule has 1 rings (SSSR count). The Morgan fingerprint density at radius 2 is 2.11 bits per heavy atom. The highest BCUT2D eigenvalue weighted by Crippen LogP contribution is 2.13. The van der Waals surface area contributed by atoms with Crippen molar-refractivity contribution in [2.75, 3.05) is 7.11 Å². The topological polar surface area (TPSA) is 98.5 Å². The van der Waals surface area contributed by atoms with Crippen molar-refractivity contribution in [2.24, 2.45) is 0 Å². The Labute approximate surface area is 103 Å². The first-order valence-electron chi connectivity index (χ1n) is 5.09. The normalized spacial score (nSPS) is 11.4. The lowest BCUT2D eigenvalue weighted by Gasteiger charge is -2.11. The van der Waals surface area contributed by atoms with Gasteiger partial charge in [-0.2, -0.15) is 0 Å². The number of non-ortho nitro benzene ring substituents is 1. The van der Waals surface area contributed by atoms with E-state index in [0.717, 1.165) is 6.07 Å². The van der Waals surface area contributed by atoms with Crippen molar-refractivity contribution in [1.29, 1.82) is 0 Å². The van der Waals surface area contributed by atoms with E-state index in [2.05, 4.69) is 10.1 Å². The van der Waals surface area contributed by atoms with Crippen molar-refractivity contribution < 1.29 is 19.2 Å². The second-order valence-electron chi connectivity index (χ2n) is 3.53. The number of carbonyl (C=O) groups excluding carboxylic acids is 2. The monoisotopic (exact) mass is 252 g/mol. The van der Waals surface area contributed by atoms with Gasteiger partial charge in [0.05, 0.1) is 12.0 Å². The molecular formula is C11H12N2O5. The molecule has 1 amide bonds. The Kier molecular flexibility index (Phi) is 4.36. The van der Waals surface area contributed by atoms with E-state index in [1.807, 2.05) is 0 Å². The van der Waals surface area contributed by atoms with Gasteiger partial charge in [-0.1, -0.05) is 6.07 Å². The predicted octanol–water partition coefficient (Wildman–Crippen LogP) is 0.886. The first kappa shape index (κ1) is 13.6. The molecule has 0 fully saturated rings. The van der Waals surface area contributed by atoms with Crippen LogP contribution in [0.15, 0.2) is 24.3 Å². The van der Waals surface area contributed by atoms with Gasteiger partial charge in [0, 0.05) is 17.7 Å². The van der Waals surface area contributed by atoms with Crippen molar-refractivity contribution in [3.8, 4) is 0 Å². The van der Waals surface area contributed by atoms with Crippen LogP contribution in [-0.4, -0.2) is 30.0 Å². The number of carbonyl (C=O) groups is 2. The molecule has 1 aromatic rings. The number of ether oxygens (including phenoxy) is 1. The van der Waals surface area contributed by atoms with E-state index in [1.54, 1.807) is 0 Å². The molecule has 1 atom stereocenters. The lowest BCUT2D eigenvalue weighted by atomic mass is 10.2. The zero-order chi connectivity index (χ0) is 13.7. The van der Waals surface area contributed by atoms with Crippen LogP contribution in [0.25, 0.3) is 0 Å². The van der Waals surface area contributed by atoms with Crippen LogP contribution in [0.1, 0.15) is 17.3 Å². The van der Waals surface area contributed by atoms with Crippen LogP contribution in [0.4, 0.5) is 5.69 Å². The van der Waals surface area contributed by atoms with Gasteiger partial charge in [0.2, 0.25) is 0 Å². The summed E-state index contributed by atoms with van der Waals surface area (Å²) in [6.45, 7) is 1.46. The number of nitrogens with one attached hydrogen (secondary N) is 1.